The van der Waals surface area contributed by atoms with Gasteiger partial charge in [0.2, 0.25) is 0 Å². The number of benzene rings is 2. The van der Waals surface area contributed by atoms with E-state index in [0.29, 0.717) is 0 Å². The number of hydrogen-bond donors (Lipinski definition) is 0. The lowest BCUT2D eigenvalue weighted by molar-refractivity contribution is -0.886. The molecule has 0 aliphatic heterocycles. The van der Waals surface area contributed by atoms with Gasteiger partial charge in [-0.15, -0.1) is 0 Å². The number of hydrogen-bond acceptors (Lipinski definition) is 0. The van der Waals surface area contributed by atoms with E-state index < -0.39 is 0 Å². The number of halogens is 1. The fourth-order valence-electron chi connectivity index (χ4n) is 2.36. The third kappa shape index (κ3) is 4.22. The summed E-state index contributed by atoms with van der Waals surface area (Å²) in [6, 6.07) is 19.2. The predicted octanol–water partition coefficient (Wildman–Crippen LogP) is 1.29. The number of quaternary nitrogens is 1. The van der Waals surface area contributed by atoms with Gasteiger partial charge in [-0.05, 0) is 19.1 Å². The molecule has 2 aromatic rings. The second-order valence-corrected chi connectivity index (χ2v) is 5.39. The highest BCUT2D eigenvalue weighted by molar-refractivity contribution is 5.24. The average molecular weight is 288 g/mol. The molecule has 1 unspecified atom stereocenters. The molecule has 0 fully saturated rings. The maximum atomic E-state index is 4.03. The van der Waals surface area contributed by atoms with Crippen molar-refractivity contribution in [3.8, 4) is 0 Å². The minimum Gasteiger partial charge on any atom is -1.00 e. The van der Waals surface area contributed by atoms with E-state index in [1.165, 1.54) is 16.7 Å². The number of aryl methyl sites for hydroxylation is 1. The summed E-state index contributed by atoms with van der Waals surface area (Å²) >= 11 is 0. The maximum Gasteiger partial charge on any atom is 0.109 e. The van der Waals surface area contributed by atoms with Crippen LogP contribution in [0.25, 0.3) is 0 Å². The highest BCUT2D eigenvalue weighted by atomic mass is 35.5. The summed E-state index contributed by atoms with van der Waals surface area (Å²) in [6.07, 6.45) is 2.04. The third-order valence-electron chi connectivity index (χ3n) is 3.62. The average Bonchev–Trinajstić information content (AvgIpc) is 2.42. The van der Waals surface area contributed by atoms with Crippen LogP contribution in [0.15, 0.2) is 67.4 Å². The summed E-state index contributed by atoms with van der Waals surface area (Å²) in [6.45, 7) is 8.15. The van der Waals surface area contributed by atoms with E-state index in [2.05, 4.69) is 75.1 Å². The van der Waals surface area contributed by atoms with E-state index >= 15 is 0 Å². The van der Waals surface area contributed by atoms with E-state index in [9.17, 15) is 0 Å². The van der Waals surface area contributed by atoms with Crippen molar-refractivity contribution >= 4 is 0 Å². The van der Waals surface area contributed by atoms with Crippen LogP contribution in [0.2, 0.25) is 0 Å². The highest BCUT2D eigenvalue weighted by Crippen LogP contribution is 2.19. The topological polar surface area (TPSA) is 0 Å². The summed E-state index contributed by atoms with van der Waals surface area (Å²) < 4.78 is 0.814. The zero-order valence-electron chi connectivity index (χ0n) is 12.2. The summed E-state index contributed by atoms with van der Waals surface area (Å²) in [5, 5.41) is 0. The minimum atomic E-state index is 0. The third-order valence-corrected chi connectivity index (χ3v) is 3.62. The van der Waals surface area contributed by atoms with E-state index in [1.807, 2.05) is 6.20 Å². The van der Waals surface area contributed by atoms with Crippen LogP contribution in [0.5, 0.6) is 0 Å². The first-order chi connectivity index (χ1) is 9.13. The van der Waals surface area contributed by atoms with Crippen molar-refractivity contribution in [2.75, 3.05) is 7.05 Å². The van der Waals surface area contributed by atoms with Crippen LogP contribution in [0, 0.1) is 6.92 Å². The molecule has 20 heavy (non-hydrogen) atoms. The van der Waals surface area contributed by atoms with Crippen LogP contribution in [0.4, 0.5) is 0 Å². The Kier molecular flexibility index (Phi) is 6.00. The van der Waals surface area contributed by atoms with Gasteiger partial charge in [0, 0.05) is 11.1 Å². The molecule has 0 bridgehead atoms. The molecule has 2 rings (SSSR count). The van der Waals surface area contributed by atoms with Gasteiger partial charge < -0.3 is 12.4 Å². The van der Waals surface area contributed by atoms with E-state index in [1.54, 1.807) is 0 Å². The van der Waals surface area contributed by atoms with Gasteiger partial charge in [0.1, 0.15) is 13.1 Å². The molecule has 0 aliphatic rings. The second-order valence-electron chi connectivity index (χ2n) is 5.39. The summed E-state index contributed by atoms with van der Waals surface area (Å²) in [5.74, 6) is 0. The zero-order chi connectivity index (χ0) is 13.7. The molecular formula is C18H22ClN. The lowest BCUT2D eigenvalue weighted by Gasteiger charge is -2.31. The molecular weight excluding hydrogens is 266 g/mol. The van der Waals surface area contributed by atoms with Gasteiger partial charge >= 0.3 is 0 Å². The monoisotopic (exact) mass is 287 g/mol. The molecule has 1 nitrogen and oxygen atoms in total. The quantitative estimate of drug-likeness (QED) is 0.727. The van der Waals surface area contributed by atoms with Gasteiger partial charge in [0.25, 0.3) is 0 Å². The van der Waals surface area contributed by atoms with Gasteiger partial charge in [-0.3, -0.25) is 4.48 Å². The normalized spacial score (nSPS) is 13.1. The first-order valence-corrected chi connectivity index (χ1v) is 6.69. The van der Waals surface area contributed by atoms with Gasteiger partial charge in [0.05, 0.1) is 13.2 Å². The molecule has 0 N–H and O–H groups in total. The standard InChI is InChI=1S/C18H22N.ClH/c1-4-19(3,14-17-11-6-5-7-12-17)15-18-13-9-8-10-16(18)2;/h4-13H,1,14-15H2,2-3H3;1H/q+1;/p-1. The maximum absolute atomic E-state index is 4.03. The van der Waals surface area contributed by atoms with E-state index in [4.69, 9.17) is 0 Å². The molecule has 2 aromatic carbocycles. The van der Waals surface area contributed by atoms with Crippen LogP contribution >= 0.6 is 0 Å². The van der Waals surface area contributed by atoms with Crippen LogP contribution in [0.1, 0.15) is 16.7 Å². The van der Waals surface area contributed by atoms with Crippen molar-refractivity contribution in [2.45, 2.75) is 20.0 Å². The molecule has 106 valence electrons. The first-order valence-electron chi connectivity index (χ1n) is 6.69. The molecule has 0 saturated carbocycles. The Morgan fingerprint density at radius 2 is 1.55 bits per heavy atom. The molecule has 0 radical (unpaired) electrons. The molecule has 0 aromatic heterocycles. The van der Waals surface area contributed by atoms with Crippen LogP contribution in [-0.2, 0) is 13.1 Å². The molecule has 1 atom stereocenters. The highest BCUT2D eigenvalue weighted by Gasteiger charge is 2.20. The van der Waals surface area contributed by atoms with Crippen LogP contribution in [-0.4, -0.2) is 11.5 Å². The smallest absolute Gasteiger partial charge is 0.109 e. The Hall–Kier alpha value is -1.57. The molecule has 2 heteroatoms. The molecule has 0 amide bonds. The lowest BCUT2D eigenvalue weighted by Crippen LogP contribution is -3.00. The summed E-state index contributed by atoms with van der Waals surface area (Å²) in [5.41, 5.74) is 4.08. The van der Waals surface area contributed by atoms with Gasteiger partial charge in [-0.1, -0.05) is 54.6 Å². The zero-order valence-corrected chi connectivity index (χ0v) is 13.0. The van der Waals surface area contributed by atoms with Gasteiger partial charge in [-0.25, -0.2) is 0 Å². The number of nitrogens with zero attached hydrogens (tertiary/aromatic N) is 1. The van der Waals surface area contributed by atoms with Crippen molar-refractivity contribution in [2.24, 2.45) is 0 Å². The predicted molar refractivity (Wildman–Crippen MR) is 81.4 cm³/mol. The van der Waals surface area contributed by atoms with Gasteiger partial charge in [0.15, 0.2) is 0 Å². The van der Waals surface area contributed by atoms with E-state index in [-0.39, 0.29) is 12.4 Å². The molecule has 0 heterocycles. The van der Waals surface area contributed by atoms with Crippen LogP contribution < -0.4 is 12.4 Å². The largest absolute Gasteiger partial charge is 1.00 e. The fourth-order valence-corrected chi connectivity index (χ4v) is 2.36. The Labute approximate surface area is 128 Å². The van der Waals surface area contributed by atoms with Crippen molar-refractivity contribution in [3.05, 3.63) is 84.1 Å². The van der Waals surface area contributed by atoms with Crippen molar-refractivity contribution < 1.29 is 16.9 Å². The first kappa shape index (κ1) is 16.5. The van der Waals surface area contributed by atoms with Crippen molar-refractivity contribution in [1.82, 2.24) is 0 Å². The Morgan fingerprint density at radius 3 is 2.15 bits per heavy atom. The number of rotatable bonds is 5. The van der Waals surface area contributed by atoms with E-state index in [0.717, 1.165) is 17.6 Å². The second kappa shape index (κ2) is 7.28. The van der Waals surface area contributed by atoms with Crippen molar-refractivity contribution in [3.63, 3.8) is 0 Å². The van der Waals surface area contributed by atoms with Gasteiger partial charge in [-0.2, -0.15) is 0 Å². The molecule has 0 saturated heterocycles. The SMILES string of the molecule is C=C[N+](C)(Cc1ccccc1)Cc1ccccc1C.[Cl-]. The van der Waals surface area contributed by atoms with Crippen molar-refractivity contribution in [1.29, 1.82) is 0 Å². The Balaban J connectivity index is 0.00000200. The molecule has 0 spiro atoms. The lowest BCUT2D eigenvalue weighted by atomic mass is 10.1. The summed E-state index contributed by atoms with van der Waals surface area (Å²) in [7, 11) is 2.23. The molecule has 0 aliphatic carbocycles. The fraction of sp³-hybridized carbons (Fsp3) is 0.222. The van der Waals surface area contributed by atoms with Crippen LogP contribution in [0.3, 0.4) is 0 Å². The summed E-state index contributed by atoms with van der Waals surface area (Å²) in [4.78, 5) is 0. The minimum absolute atomic E-state index is 0. The Morgan fingerprint density at radius 1 is 0.950 bits per heavy atom. The Bertz CT molecular complexity index is 550.